The Morgan fingerprint density at radius 3 is 2.47 bits per heavy atom. The van der Waals surface area contributed by atoms with Crippen LogP contribution in [0.2, 0.25) is 0 Å². The van der Waals surface area contributed by atoms with Gasteiger partial charge in [-0.2, -0.15) is 5.10 Å². The van der Waals surface area contributed by atoms with Gasteiger partial charge < -0.3 is 4.74 Å². The minimum Gasteiger partial charge on any atom is -0.455 e. The molecular formula is C25H20N4O3S2. The molecular weight excluding hydrogens is 468 g/mol. The van der Waals surface area contributed by atoms with Crippen molar-refractivity contribution < 1.29 is 14.3 Å². The number of carbonyl (C=O) groups excluding carboxylic acids is 2. The number of para-hydroxylation sites is 2. The molecule has 5 aromatic rings. The minimum atomic E-state index is -0.416. The number of aryl methyl sites for hydroxylation is 1. The number of nitrogens with zero attached hydrogens (tertiary/aromatic N) is 4. The molecule has 0 spiro atoms. The molecule has 0 atom stereocenters. The van der Waals surface area contributed by atoms with Crippen LogP contribution in [0, 0.1) is 6.92 Å². The summed E-state index contributed by atoms with van der Waals surface area (Å²) in [4.78, 5) is 32.5. The van der Waals surface area contributed by atoms with E-state index in [1.54, 1.807) is 10.3 Å². The third-order valence-electron chi connectivity index (χ3n) is 5.16. The molecule has 1 amide bonds. The molecule has 0 aliphatic rings. The fourth-order valence-electron chi connectivity index (χ4n) is 3.57. The fourth-order valence-corrected chi connectivity index (χ4v) is 5.52. The first-order valence-corrected chi connectivity index (χ1v) is 12.2. The maximum atomic E-state index is 12.8. The predicted octanol–water partition coefficient (Wildman–Crippen LogP) is 5.89. The van der Waals surface area contributed by atoms with Crippen LogP contribution in [0.3, 0.4) is 0 Å². The van der Waals surface area contributed by atoms with Crippen molar-refractivity contribution in [3.05, 3.63) is 88.4 Å². The zero-order valence-electron chi connectivity index (χ0n) is 18.5. The molecule has 0 bridgehead atoms. The Hall–Kier alpha value is -3.82. The van der Waals surface area contributed by atoms with E-state index in [1.165, 1.54) is 29.6 Å². The number of hydrogen-bond acceptors (Lipinski definition) is 7. The van der Waals surface area contributed by atoms with Crippen molar-refractivity contribution in [2.45, 2.75) is 20.5 Å². The highest BCUT2D eigenvalue weighted by molar-refractivity contribution is 7.20. The van der Waals surface area contributed by atoms with E-state index < -0.39 is 5.97 Å². The molecule has 0 fully saturated rings. The first-order valence-electron chi connectivity index (χ1n) is 10.5. The van der Waals surface area contributed by atoms with E-state index in [9.17, 15) is 9.59 Å². The van der Waals surface area contributed by atoms with Crippen molar-refractivity contribution in [2.24, 2.45) is 0 Å². The number of ether oxygens (including phenoxy) is 1. The summed E-state index contributed by atoms with van der Waals surface area (Å²) < 4.78 is 7.39. The average molecular weight is 489 g/mol. The van der Waals surface area contributed by atoms with Crippen molar-refractivity contribution in [1.29, 1.82) is 0 Å². The van der Waals surface area contributed by atoms with Crippen LogP contribution in [0.4, 0.5) is 10.8 Å². The fraction of sp³-hybridized carbons (Fsp3) is 0.120. The molecule has 0 saturated heterocycles. The molecule has 0 unspecified atom stereocenters. The zero-order chi connectivity index (χ0) is 23.7. The van der Waals surface area contributed by atoms with Gasteiger partial charge in [0.05, 0.1) is 22.8 Å². The summed E-state index contributed by atoms with van der Waals surface area (Å²) in [5.74, 6) is -0.557. The molecule has 0 aliphatic heterocycles. The number of benzene rings is 2. The molecule has 9 heteroatoms. The van der Waals surface area contributed by atoms with E-state index >= 15 is 0 Å². The second-order valence-electron chi connectivity index (χ2n) is 7.55. The first kappa shape index (κ1) is 22.0. The summed E-state index contributed by atoms with van der Waals surface area (Å²) >= 11 is 2.68. The van der Waals surface area contributed by atoms with Crippen LogP contribution in [-0.2, 0) is 16.1 Å². The summed E-state index contributed by atoms with van der Waals surface area (Å²) in [6.07, 6.45) is 0. The number of aromatic nitrogens is 3. The van der Waals surface area contributed by atoms with Crippen LogP contribution < -0.4 is 4.90 Å². The SMILES string of the molecule is CC(=O)N(c1ccccc1)c1nc(COC(=O)c2cc3c(C)nn(-c4ccccc4)c3s2)cs1. The monoisotopic (exact) mass is 488 g/mol. The largest absolute Gasteiger partial charge is 0.455 e. The van der Waals surface area contributed by atoms with Gasteiger partial charge in [-0.25, -0.2) is 14.5 Å². The molecule has 5 rings (SSSR count). The topological polar surface area (TPSA) is 77.3 Å². The molecule has 3 heterocycles. The van der Waals surface area contributed by atoms with Crippen LogP contribution in [0.1, 0.15) is 28.0 Å². The van der Waals surface area contributed by atoms with Crippen molar-refractivity contribution >= 4 is 55.6 Å². The Kier molecular flexibility index (Phi) is 5.95. The Labute approximate surface area is 203 Å². The van der Waals surface area contributed by atoms with Gasteiger partial charge in [0.25, 0.3) is 0 Å². The summed E-state index contributed by atoms with van der Waals surface area (Å²) in [5, 5.41) is 7.86. The van der Waals surface area contributed by atoms with Gasteiger partial charge in [0, 0.05) is 17.7 Å². The maximum absolute atomic E-state index is 12.8. The average Bonchev–Trinajstić information content (AvgIpc) is 3.56. The number of amides is 1. The van der Waals surface area contributed by atoms with E-state index in [4.69, 9.17) is 4.74 Å². The summed E-state index contributed by atoms with van der Waals surface area (Å²) in [6, 6.07) is 21.0. The molecule has 0 aliphatic carbocycles. The highest BCUT2D eigenvalue weighted by Crippen LogP contribution is 2.32. The van der Waals surface area contributed by atoms with Gasteiger partial charge in [0.15, 0.2) is 5.13 Å². The van der Waals surface area contributed by atoms with Gasteiger partial charge in [-0.3, -0.25) is 9.69 Å². The molecule has 0 N–H and O–H groups in total. The number of anilines is 2. The van der Waals surface area contributed by atoms with E-state index in [1.807, 2.05) is 78.3 Å². The molecule has 0 saturated carbocycles. The van der Waals surface area contributed by atoms with Crippen LogP contribution in [0.5, 0.6) is 0 Å². The van der Waals surface area contributed by atoms with E-state index in [2.05, 4.69) is 10.1 Å². The van der Waals surface area contributed by atoms with Gasteiger partial charge >= 0.3 is 5.97 Å². The number of fused-ring (bicyclic) bond motifs is 1. The first-order chi connectivity index (χ1) is 16.5. The minimum absolute atomic E-state index is 0.0217. The van der Waals surface area contributed by atoms with Crippen LogP contribution in [-0.4, -0.2) is 26.6 Å². The third kappa shape index (κ3) is 4.23. The number of esters is 1. The lowest BCUT2D eigenvalue weighted by Gasteiger charge is -2.17. The van der Waals surface area contributed by atoms with E-state index in [0.29, 0.717) is 15.7 Å². The Balaban J connectivity index is 1.32. The summed E-state index contributed by atoms with van der Waals surface area (Å²) in [7, 11) is 0. The molecule has 170 valence electrons. The van der Waals surface area contributed by atoms with Gasteiger partial charge in [-0.15, -0.1) is 22.7 Å². The molecule has 0 radical (unpaired) electrons. The number of thiazole rings is 1. The second kappa shape index (κ2) is 9.20. The lowest BCUT2D eigenvalue weighted by molar-refractivity contribution is -0.115. The lowest BCUT2D eigenvalue weighted by atomic mass is 10.3. The van der Waals surface area contributed by atoms with Crippen molar-refractivity contribution in [2.75, 3.05) is 4.90 Å². The smallest absolute Gasteiger partial charge is 0.348 e. The molecule has 7 nitrogen and oxygen atoms in total. The standard InChI is InChI=1S/C25H20N4O3S2/c1-16-21-13-22(34-23(21)29(27-16)20-11-7-4-8-12-20)24(31)32-14-18-15-33-25(26-18)28(17(2)30)19-9-5-3-6-10-19/h3-13,15H,14H2,1-2H3. The highest BCUT2D eigenvalue weighted by atomic mass is 32.1. The number of thiophene rings is 1. The summed E-state index contributed by atoms with van der Waals surface area (Å²) in [6.45, 7) is 3.44. The molecule has 34 heavy (non-hydrogen) atoms. The second-order valence-corrected chi connectivity index (χ2v) is 9.42. The number of carbonyl (C=O) groups is 2. The third-order valence-corrected chi connectivity index (χ3v) is 7.12. The normalized spacial score (nSPS) is 11.0. The number of rotatable bonds is 6. The van der Waals surface area contributed by atoms with Crippen LogP contribution in [0.25, 0.3) is 15.9 Å². The Morgan fingerprint density at radius 2 is 1.76 bits per heavy atom. The van der Waals surface area contributed by atoms with Gasteiger partial charge in [0.1, 0.15) is 16.3 Å². The quantitative estimate of drug-likeness (QED) is 0.278. The van der Waals surface area contributed by atoms with E-state index in [-0.39, 0.29) is 12.5 Å². The van der Waals surface area contributed by atoms with Crippen molar-refractivity contribution in [3.8, 4) is 5.69 Å². The lowest BCUT2D eigenvalue weighted by Crippen LogP contribution is -2.22. The van der Waals surface area contributed by atoms with Crippen LogP contribution >= 0.6 is 22.7 Å². The van der Waals surface area contributed by atoms with Crippen molar-refractivity contribution in [1.82, 2.24) is 14.8 Å². The van der Waals surface area contributed by atoms with Crippen molar-refractivity contribution in [3.63, 3.8) is 0 Å². The van der Waals surface area contributed by atoms with Gasteiger partial charge in [-0.05, 0) is 37.3 Å². The van der Waals surface area contributed by atoms with Crippen LogP contribution in [0.15, 0.2) is 72.1 Å². The number of hydrogen-bond donors (Lipinski definition) is 0. The molecule has 3 aromatic heterocycles. The van der Waals surface area contributed by atoms with Gasteiger partial charge in [-0.1, -0.05) is 36.4 Å². The molecule has 2 aromatic carbocycles. The predicted molar refractivity (Wildman–Crippen MR) is 134 cm³/mol. The zero-order valence-corrected chi connectivity index (χ0v) is 20.1. The van der Waals surface area contributed by atoms with Gasteiger partial charge in [0.2, 0.25) is 5.91 Å². The highest BCUT2D eigenvalue weighted by Gasteiger charge is 2.20. The van der Waals surface area contributed by atoms with E-state index in [0.717, 1.165) is 27.3 Å². The maximum Gasteiger partial charge on any atom is 0.348 e. The summed E-state index contributed by atoms with van der Waals surface area (Å²) in [5.41, 5.74) is 3.11. The Bertz CT molecular complexity index is 1470. The Morgan fingerprint density at radius 1 is 1.06 bits per heavy atom.